The molecule has 1 fully saturated rings. The summed E-state index contributed by atoms with van der Waals surface area (Å²) in [6.45, 7) is 5.86. The third-order valence-corrected chi connectivity index (χ3v) is 5.61. The van der Waals surface area contributed by atoms with Crippen molar-refractivity contribution in [3.63, 3.8) is 0 Å². The first-order valence-corrected chi connectivity index (χ1v) is 9.53. The first kappa shape index (κ1) is 18.7. The SMILES string of the molecule is Cc1nc(C)c(C(=O)OCC(=O)N2CCN(c3ccccc3Cl)CC2)s1. The maximum atomic E-state index is 12.3. The molecule has 1 aromatic carbocycles. The van der Waals surface area contributed by atoms with Crippen molar-refractivity contribution >= 4 is 40.5 Å². The van der Waals surface area contributed by atoms with E-state index in [0.717, 1.165) is 10.7 Å². The molecule has 0 saturated carbocycles. The Bertz CT molecular complexity index is 816. The Morgan fingerprint density at radius 3 is 2.50 bits per heavy atom. The number of nitrogens with zero attached hydrogens (tertiary/aromatic N) is 3. The Balaban J connectivity index is 1.50. The number of hydrogen-bond acceptors (Lipinski definition) is 6. The highest BCUT2D eigenvalue weighted by atomic mass is 35.5. The summed E-state index contributed by atoms with van der Waals surface area (Å²) >= 11 is 7.51. The molecule has 0 bridgehead atoms. The lowest BCUT2D eigenvalue weighted by Gasteiger charge is -2.36. The number of thiazole rings is 1. The Morgan fingerprint density at radius 1 is 1.19 bits per heavy atom. The van der Waals surface area contributed by atoms with Crippen LogP contribution in [0.3, 0.4) is 0 Å². The molecule has 2 aromatic rings. The van der Waals surface area contributed by atoms with Gasteiger partial charge in [0, 0.05) is 26.2 Å². The third kappa shape index (κ3) is 4.16. The number of para-hydroxylation sites is 1. The zero-order chi connectivity index (χ0) is 18.7. The standard InChI is InChI=1S/C18H20ClN3O3S/c1-12-17(26-13(2)20-12)18(24)25-11-16(23)22-9-7-21(8-10-22)15-6-4-3-5-14(15)19/h3-6H,7-11H2,1-2H3. The molecule has 8 heteroatoms. The van der Waals surface area contributed by atoms with Crippen LogP contribution in [0.1, 0.15) is 20.4 Å². The van der Waals surface area contributed by atoms with Gasteiger partial charge in [0.2, 0.25) is 0 Å². The summed E-state index contributed by atoms with van der Waals surface area (Å²) < 4.78 is 5.17. The average Bonchev–Trinajstić information content (AvgIpc) is 2.98. The molecule has 3 rings (SSSR count). The smallest absolute Gasteiger partial charge is 0.350 e. The number of esters is 1. The lowest BCUT2D eigenvalue weighted by atomic mass is 10.2. The van der Waals surface area contributed by atoms with Gasteiger partial charge < -0.3 is 14.5 Å². The molecular weight excluding hydrogens is 374 g/mol. The zero-order valence-electron chi connectivity index (χ0n) is 14.7. The van der Waals surface area contributed by atoms with E-state index < -0.39 is 5.97 Å². The van der Waals surface area contributed by atoms with Gasteiger partial charge >= 0.3 is 5.97 Å². The van der Waals surface area contributed by atoms with Crippen LogP contribution >= 0.6 is 22.9 Å². The summed E-state index contributed by atoms with van der Waals surface area (Å²) in [5, 5.41) is 1.51. The number of aryl methyl sites for hydroxylation is 2. The van der Waals surface area contributed by atoms with Gasteiger partial charge in [0.1, 0.15) is 4.88 Å². The number of anilines is 1. The van der Waals surface area contributed by atoms with E-state index in [-0.39, 0.29) is 12.5 Å². The van der Waals surface area contributed by atoms with Crippen LogP contribution in [0.2, 0.25) is 5.02 Å². The Labute approximate surface area is 161 Å². The highest BCUT2D eigenvalue weighted by molar-refractivity contribution is 7.13. The van der Waals surface area contributed by atoms with Gasteiger partial charge in [-0.1, -0.05) is 23.7 Å². The van der Waals surface area contributed by atoms with Gasteiger partial charge in [-0.15, -0.1) is 11.3 Å². The van der Waals surface area contributed by atoms with Crippen molar-refractivity contribution in [2.24, 2.45) is 0 Å². The topological polar surface area (TPSA) is 62.7 Å². The Hall–Kier alpha value is -2.12. The fourth-order valence-electron chi connectivity index (χ4n) is 2.91. The van der Waals surface area contributed by atoms with Crippen LogP contribution in [0.5, 0.6) is 0 Å². The minimum Gasteiger partial charge on any atom is -0.451 e. The monoisotopic (exact) mass is 393 g/mol. The number of aromatic nitrogens is 1. The largest absolute Gasteiger partial charge is 0.451 e. The van der Waals surface area contributed by atoms with Crippen molar-refractivity contribution in [2.45, 2.75) is 13.8 Å². The zero-order valence-corrected chi connectivity index (χ0v) is 16.3. The number of ether oxygens (including phenoxy) is 1. The molecule has 0 unspecified atom stereocenters. The molecule has 0 N–H and O–H groups in total. The molecule has 1 aliphatic rings. The quantitative estimate of drug-likeness (QED) is 0.747. The van der Waals surface area contributed by atoms with E-state index in [0.29, 0.717) is 41.8 Å². The van der Waals surface area contributed by atoms with Crippen LogP contribution < -0.4 is 4.90 Å². The van der Waals surface area contributed by atoms with Gasteiger partial charge in [-0.2, -0.15) is 0 Å². The van der Waals surface area contributed by atoms with Gasteiger partial charge in [0.05, 0.1) is 21.4 Å². The van der Waals surface area contributed by atoms with Crippen LogP contribution in [-0.2, 0) is 9.53 Å². The molecule has 0 atom stereocenters. The highest BCUT2D eigenvalue weighted by Crippen LogP contribution is 2.26. The normalized spacial score (nSPS) is 14.4. The number of hydrogen-bond donors (Lipinski definition) is 0. The number of benzene rings is 1. The predicted octanol–water partition coefficient (Wildman–Crippen LogP) is 2.92. The number of halogens is 1. The van der Waals surface area contributed by atoms with E-state index in [1.807, 2.05) is 31.2 Å². The van der Waals surface area contributed by atoms with Crippen molar-refractivity contribution in [3.8, 4) is 0 Å². The van der Waals surface area contributed by atoms with Crippen LogP contribution in [0.4, 0.5) is 5.69 Å². The summed E-state index contributed by atoms with van der Waals surface area (Å²) in [4.78, 5) is 32.9. The van der Waals surface area contributed by atoms with E-state index in [9.17, 15) is 9.59 Å². The molecule has 1 aromatic heterocycles. The highest BCUT2D eigenvalue weighted by Gasteiger charge is 2.24. The van der Waals surface area contributed by atoms with E-state index >= 15 is 0 Å². The number of piperazine rings is 1. The molecule has 1 saturated heterocycles. The summed E-state index contributed by atoms with van der Waals surface area (Å²) in [6, 6.07) is 7.67. The lowest BCUT2D eigenvalue weighted by molar-refractivity contribution is -0.134. The van der Waals surface area contributed by atoms with Crippen molar-refractivity contribution < 1.29 is 14.3 Å². The van der Waals surface area contributed by atoms with Crippen molar-refractivity contribution in [3.05, 3.63) is 44.9 Å². The average molecular weight is 394 g/mol. The van der Waals surface area contributed by atoms with Crippen LogP contribution in [0, 0.1) is 13.8 Å². The predicted molar refractivity (Wildman–Crippen MR) is 102 cm³/mol. The molecular formula is C18H20ClN3O3S. The molecule has 1 aliphatic heterocycles. The first-order valence-electron chi connectivity index (χ1n) is 8.34. The molecule has 26 heavy (non-hydrogen) atoms. The molecule has 0 aliphatic carbocycles. The van der Waals surface area contributed by atoms with E-state index in [1.165, 1.54) is 11.3 Å². The summed E-state index contributed by atoms with van der Waals surface area (Å²) in [5.41, 5.74) is 1.61. The number of amides is 1. The summed E-state index contributed by atoms with van der Waals surface area (Å²) in [5.74, 6) is -0.674. The molecule has 2 heterocycles. The van der Waals surface area contributed by atoms with E-state index in [2.05, 4.69) is 9.88 Å². The second-order valence-corrected chi connectivity index (χ2v) is 7.65. The molecule has 0 spiro atoms. The van der Waals surface area contributed by atoms with Gasteiger partial charge in [-0.05, 0) is 26.0 Å². The van der Waals surface area contributed by atoms with Crippen molar-refractivity contribution in [1.82, 2.24) is 9.88 Å². The molecule has 1 amide bonds. The number of carbonyl (C=O) groups excluding carboxylic acids is 2. The summed E-state index contributed by atoms with van der Waals surface area (Å²) in [7, 11) is 0. The Morgan fingerprint density at radius 2 is 1.88 bits per heavy atom. The van der Waals surface area contributed by atoms with E-state index in [1.54, 1.807) is 11.8 Å². The van der Waals surface area contributed by atoms with Crippen LogP contribution in [0.25, 0.3) is 0 Å². The van der Waals surface area contributed by atoms with Crippen molar-refractivity contribution in [2.75, 3.05) is 37.7 Å². The number of rotatable bonds is 4. The van der Waals surface area contributed by atoms with Crippen LogP contribution in [0.15, 0.2) is 24.3 Å². The Kier molecular flexibility index (Phi) is 5.78. The maximum absolute atomic E-state index is 12.3. The second-order valence-electron chi connectivity index (χ2n) is 6.04. The van der Waals surface area contributed by atoms with Crippen molar-refractivity contribution in [1.29, 1.82) is 0 Å². The molecule has 138 valence electrons. The fourth-order valence-corrected chi connectivity index (χ4v) is 3.98. The van der Waals surface area contributed by atoms with Crippen LogP contribution in [-0.4, -0.2) is 54.5 Å². The number of carbonyl (C=O) groups is 2. The third-order valence-electron chi connectivity index (χ3n) is 4.24. The minimum absolute atomic E-state index is 0.184. The van der Waals surface area contributed by atoms with Gasteiger partial charge in [0.15, 0.2) is 6.61 Å². The molecule has 6 nitrogen and oxygen atoms in total. The van der Waals surface area contributed by atoms with Gasteiger partial charge in [-0.3, -0.25) is 4.79 Å². The first-order chi connectivity index (χ1) is 12.5. The maximum Gasteiger partial charge on any atom is 0.350 e. The summed E-state index contributed by atoms with van der Waals surface area (Å²) in [6.07, 6.45) is 0. The minimum atomic E-state index is -0.490. The fraction of sp³-hybridized carbons (Fsp3) is 0.389. The second kappa shape index (κ2) is 8.05. The lowest BCUT2D eigenvalue weighted by Crippen LogP contribution is -2.50. The van der Waals surface area contributed by atoms with Gasteiger partial charge in [-0.25, -0.2) is 9.78 Å². The van der Waals surface area contributed by atoms with E-state index in [4.69, 9.17) is 16.3 Å². The van der Waals surface area contributed by atoms with Gasteiger partial charge in [0.25, 0.3) is 5.91 Å². The molecule has 0 radical (unpaired) electrons.